The van der Waals surface area contributed by atoms with Gasteiger partial charge in [-0.05, 0) is 12.8 Å². The highest BCUT2D eigenvalue weighted by Crippen LogP contribution is 2.48. The van der Waals surface area contributed by atoms with Crippen LogP contribution in [0.15, 0.2) is 6.07 Å². The molecule has 0 aliphatic carbocycles. The molecule has 0 radical (unpaired) electrons. The van der Waals surface area contributed by atoms with E-state index in [2.05, 4.69) is 6.92 Å². The molecule has 4 heteroatoms. The molecule has 0 saturated heterocycles. The number of benzene rings is 1. The molecule has 3 rings (SSSR count). The third kappa shape index (κ3) is 1.63. The molecule has 1 aromatic rings. The summed E-state index contributed by atoms with van der Waals surface area (Å²) in [7, 11) is 0. The summed E-state index contributed by atoms with van der Waals surface area (Å²) in [6.07, 6.45) is 2.73. The standard InChI is InChI=1S/C13H16O4/c1-2-3-10-12-8(4-5-15-10)9(14)6-11-13(12)17-7-16-11/h6,10,14H,2-5,7H2,1H3/t10-/m0/s1. The van der Waals surface area contributed by atoms with Crippen molar-refractivity contribution in [3.63, 3.8) is 0 Å². The Kier molecular flexibility index (Phi) is 2.59. The number of hydrogen-bond acceptors (Lipinski definition) is 4. The van der Waals surface area contributed by atoms with Gasteiger partial charge in [0.2, 0.25) is 6.79 Å². The summed E-state index contributed by atoms with van der Waals surface area (Å²) < 4.78 is 16.6. The number of ether oxygens (including phenoxy) is 3. The van der Waals surface area contributed by atoms with Gasteiger partial charge in [0.15, 0.2) is 11.5 Å². The number of fused-ring (bicyclic) bond motifs is 3. The SMILES string of the molecule is CCC[C@@H]1OCCc2c(O)cc3c(c21)OCO3. The molecule has 1 atom stereocenters. The van der Waals surface area contributed by atoms with Gasteiger partial charge in [0.05, 0.1) is 12.7 Å². The first-order chi connectivity index (χ1) is 8.31. The van der Waals surface area contributed by atoms with Crippen LogP contribution in [-0.2, 0) is 11.2 Å². The number of phenols is 1. The molecule has 4 nitrogen and oxygen atoms in total. The summed E-state index contributed by atoms with van der Waals surface area (Å²) >= 11 is 0. The van der Waals surface area contributed by atoms with Gasteiger partial charge in [-0.15, -0.1) is 0 Å². The van der Waals surface area contributed by atoms with E-state index in [0.29, 0.717) is 18.1 Å². The zero-order valence-corrected chi connectivity index (χ0v) is 9.86. The van der Waals surface area contributed by atoms with E-state index in [9.17, 15) is 5.11 Å². The molecule has 0 amide bonds. The number of aromatic hydroxyl groups is 1. The van der Waals surface area contributed by atoms with Crippen LogP contribution in [0.2, 0.25) is 0 Å². The number of hydrogen-bond donors (Lipinski definition) is 1. The quantitative estimate of drug-likeness (QED) is 0.857. The van der Waals surface area contributed by atoms with Crippen LogP contribution in [0.5, 0.6) is 17.2 Å². The van der Waals surface area contributed by atoms with Gasteiger partial charge in [-0.3, -0.25) is 0 Å². The molecule has 92 valence electrons. The van der Waals surface area contributed by atoms with E-state index in [1.165, 1.54) is 0 Å². The zero-order valence-electron chi connectivity index (χ0n) is 9.86. The fourth-order valence-corrected chi connectivity index (χ4v) is 2.57. The maximum Gasteiger partial charge on any atom is 0.231 e. The van der Waals surface area contributed by atoms with Gasteiger partial charge in [0, 0.05) is 17.2 Å². The van der Waals surface area contributed by atoms with Crippen molar-refractivity contribution in [3.8, 4) is 17.2 Å². The second-order valence-electron chi connectivity index (χ2n) is 4.42. The van der Waals surface area contributed by atoms with E-state index in [1.807, 2.05) is 0 Å². The van der Waals surface area contributed by atoms with Crippen molar-refractivity contribution in [2.45, 2.75) is 32.3 Å². The molecule has 1 aromatic carbocycles. The van der Waals surface area contributed by atoms with Crippen LogP contribution in [0.4, 0.5) is 0 Å². The summed E-state index contributed by atoms with van der Waals surface area (Å²) in [5, 5.41) is 10.0. The Morgan fingerprint density at radius 3 is 3.12 bits per heavy atom. The van der Waals surface area contributed by atoms with E-state index in [-0.39, 0.29) is 12.9 Å². The lowest BCUT2D eigenvalue weighted by Crippen LogP contribution is -2.17. The lowest BCUT2D eigenvalue weighted by Gasteiger charge is -2.27. The van der Waals surface area contributed by atoms with E-state index < -0.39 is 0 Å². The molecule has 0 unspecified atom stereocenters. The summed E-state index contributed by atoms with van der Waals surface area (Å²) in [4.78, 5) is 0. The predicted octanol–water partition coefficient (Wildman–Crippen LogP) is 2.53. The smallest absolute Gasteiger partial charge is 0.231 e. The highest BCUT2D eigenvalue weighted by molar-refractivity contribution is 5.59. The van der Waals surface area contributed by atoms with Gasteiger partial charge in [0.1, 0.15) is 5.75 Å². The highest BCUT2D eigenvalue weighted by Gasteiger charge is 2.31. The van der Waals surface area contributed by atoms with Crippen LogP contribution < -0.4 is 9.47 Å². The first kappa shape index (κ1) is 10.7. The molecule has 0 saturated carbocycles. The van der Waals surface area contributed by atoms with Gasteiger partial charge < -0.3 is 19.3 Å². The summed E-state index contributed by atoms with van der Waals surface area (Å²) in [5.74, 6) is 1.69. The maximum absolute atomic E-state index is 10.0. The topological polar surface area (TPSA) is 47.9 Å². The van der Waals surface area contributed by atoms with Gasteiger partial charge >= 0.3 is 0 Å². The van der Waals surface area contributed by atoms with Crippen molar-refractivity contribution in [1.82, 2.24) is 0 Å². The number of rotatable bonds is 2. The molecule has 2 aliphatic rings. The minimum Gasteiger partial charge on any atom is -0.508 e. The Morgan fingerprint density at radius 1 is 1.41 bits per heavy atom. The van der Waals surface area contributed by atoms with E-state index in [1.54, 1.807) is 6.07 Å². The lowest BCUT2D eigenvalue weighted by atomic mass is 9.93. The minimum atomic E-state index is 0.0197. The second kappa shape index (κ2) is 4.11. The van der Waals surface area contributed by atoms with Crippen molar-refractivity contribution in [2.24, 2.45) is 0 Å². The van der Waals surface area contributed by atoms with Gasteiger partial charge in [0.25, 0.3) is 0 Å². The van der Waals surface area contributed by atoms with Crippen LogP contribution in [0, 0.1) is 0 Å². The summed E-state index contributed by atoms with van der Waals surface area (Å²) in [6.45, 7) is 3.01. The highest BCUT2D eigenvalue weighted by atomic mass is 16.7. The van der Waals surface area contributed by atoms with Crippen LogP contribution in [0.3, 0.4) is 0 Å². The van der Waals surface area contributed by atoms with Gasteiger partial charge in [-0.25, -0.2) is 0 Å². The van der Waals surface area contributed by atoms with Crippen molar-refractivity contribution in [1.29, 1.82) is 0 Å². The molecule has 0 spiro atoms. The lowest BCUT2D eigenvalue weighted by molar-refractivity contribution is 0.0332. The third-order valence-corrected chi connectivity index (χ3v) is 3.33. The largest absolute Gasteiger partial charge is 0.508 e. The van der Waals surface area contributed by atoms with E-state index in [0.717, 1.165) is 36.1 Å². The van der Waals surface area contributed by atoms with Crippen molar-refractivity contribution < 1.29 is 19.3 Å². The average molecular weight is 236 g/mol. The molecular weight excluding hydrogens is 220 g/mol. The first-order valence-corrected chi connectivity index (χ1v) is 6.07. The molecule has 2 heterocycles. The van der Waals surface area contributed by atoms with Crippen LogP contribution >= 0.6 is 0 Å². The Bertz CT molecular complexity index is 438. The molecule has 1 N–H and O–H groups in total. The van der Waals surface area contributed by atoms with E-state index >= 15 is 0 Å². The average Bonchev–Trinajstić information content (AvgIpc) is 2.78. The van der Waals surface area contributed by atoms with E-state index in [4.69, 9.17) is 14.2 Å². The normalized spacial score (nSPS) is 21.4. The fraction of sp³-hybridized carbons (Fsp3) is 0.538. The van der Waals surface area contributed by atoms with Gasteiger partial charge in [-0.2, -0.15) is 0 Å². The summed E-state index contributed by atoms with van der Waals surface area (Å²) in [6, 6.07) is 1.65. The summed E-state index contributed by atoms with van der Waals surface area (Å²) in [5.41, 5.74) is 1.95. The molecule has 0 fully saturated rings. The molecule has 0 aromatic heterocycles. The van der Waals surface area contributed by atoms with Crippen molar-refractivity contribution in [2.75, 3.05) is 13.4 Å². The van der Waals surface area contributed by atoms with Crippen molar-refractivity contribution in [3.05, 3.63) is 17.2 Å². The number of phenolic OH excluding ortho intramolecular Hbond substituents is 1. The molecule has 0 bridgehead atoms. The molecule has 2 aliphatic heterocycles. The first-order valence-electron chi connectivity index (χ1n) is 6.07. The Morgan fingerprint density at radius 2 is 2.29 bits per heavy atom. The maximum atomic E-state index is 10.0. The predicted molar refractivity (Wildman–Crippen MR) is 61.5 cm³/mol. The van der Waals surface area contributed by atoms with Crippen LogP contribution in [0.25, 0.3) is 0 Å². The Labute approximate surface area is 100 Å². The monoisotopic (exact) mass is 236 g/mol. The fourth-order valence-electron chi connectivity index (χ4n) is 2.57. The Balaban J connectivity index is 2.13. The van der Waals surface area contributed by atoms with Crippen molar-refractivity contribution >= 4 is 0 Å². The second-order valence-corrected chi connectivity index (χ2v) is 4.42. The third-order valence-electron chi connectivity index (χ3n) is 3.33. The molecular formula is C13H16O4. The van der Waals surface area contributed by atoms with Crippen LogP contribution in [-0.4, -0.2) is 18.5 Å². The van der Waals surface area contributed by atoms with Crippen LogP contribution in [0.1, 0.15) is 37.0 Å². The minimum absolute atomic E-state index is 0.0197. The Hall–Kier alpha value is -1.42. The molecule has 17 heavy (non-hydrogen) atoms. The zero-order chi connectivity index (χ0) is 11.8. The van der Waals surface area contributed by atoms with Gasteiger partial charge in [-0.1, -0.05) is 13.3 Å².